The van der Waals surface area contributed by atoms with Gasteiger partial charge in [0.1, 0.15) is 5.56 Å². The molecule has 0 saturated heterocycles. The minimum absolute atomic E-state index is 0. The molecule has 1 heterocycles. The van der Waals surface area contributed by atoms with Gasteiger partial charge in [0.05, 0.1) is 12.3 Å². The second-order valence-corrected chi connectivity index (χ2v) is 2.32. The van der Waals surface area contributed by atoms with E-state index in [1.54, 1.807) is 0 Å². The van der Waals surface area contributed by atoms with E-state index in [1.165, 1.54) is 0 Å². The van der Waals surface area contributed by atoms with E-state index in [0.717, 1.165) is 6.20 Å². The molecule has 0 aliphatic rings. The van der Waals surface area contributed by atoms with E-state index in [1.807, 2.05) is 0 Å². The van der Waals surface area contributed by atoms with Crippen molar-refractivity contribution in [2.45, 2.75) is 13.5 Å². The van der Waals surface area contributed by atoms with Crippen molar-refractivity contribution in [3.63, 3.8) is 0 Å². The Morgan fingerprint density at radius 3 is 2.79 bits per heavy atom. The Bertz CT molecular complexity index is 436. The summed E-state index contributed by atoms with van der Waals surface area (Å²) in [5, 5.41) is 27.1. The Labute approximate surface area is 90.7 Å². The number of halogens is 1. The molecule has 3 N–H and O–H groups in total. The van der Waals surface area contributed by atoms with Gasteiger partial charge in [-0.15, -0.1) is 12.4 Å². The predicted molar refractivity (Wildman–Crippen MR) is 50.8 cm³/mol. The van der Waals surface area contributed by atoms with Crippen molar-refractivity contribution in [2.75, 3.05) is 0 Å². The smallest absolute Gasteiger partial charge is 0.339 e. The van der Waals surface area contributed by atoms with Gasteiger partial charge in [0, 0.05) is 15.9 Å². The van der Waals surface area contributed by atoms with Crippen molar-refractivity contribution in [2.24, 2.45) is 0 Å². The van der Waals surface area contributed by atoms with Crippen LogP contribution in [0.4, 0.5) is 0 Å². The van der Waals surface area contributed by atoms with Crippen LogP contribution in [0.15, 0.2) is 6.20 Å². The summed E-state index contributed by atoms with van der Waals surface area (Å²) in [6.45, 7) is -3.36. The number of nitrogens with zero attached hydrogens (tertiary/aromatic N) is 1. The average molecular weight is 223 g/mol. The summed E-state index contributed by atoms with van der Waals surface area (Å²) in [7, 11) is 0. The third-order valence-corrected chi connectivity index (χ3v) is 1.52. The van der Waals surface area contributed by atoms with E-state index < -0.39 is 36.4 Å². The van der Waals surface area contributed by atoms with Crippen molar-refractivity contribution in [3.8, 4) is 5.75 Å². The molecule has 78 valence electrons. The summed E-state index contributed by atoms with van der Waals surface area (Å²) in [5.41, 5.74) is -1.47. The highest BCUT2D eigenvalue weighted by molar-refractivity contribution is 5.92. The van der Waals surface area contributed by atoms with Gasteiger partial charge in [0.2, 0.25) is 0 Å². The maximum atomic E-state index is 10.8. The molecule has 0 fully saturated rings. The Morgan fingerprint density at radius 1 is 1.71 bits per heavy atom. The standard InChI is InChI=1S/C8H9NO4.ClH/c1-4-7(11)6(8(12)13)5(3-10)2-9-4;/h2,10-11H,3H2,1H3,(H,12,13);1H/i1D3;. The van der Waals surface area contributed by atoms with E-state index in [2.05, 4.69) is 4.98 Å². The molecular formula is C8H10ClNO4. The van der Waals surface area contributed by atoms with Crippen molar-refractivity contribution >= 4 is 18.4 Å². The van der Waals surface area contributed by atoms with Crippen LogP contribution < -0.4 is 0 Å². The number of aromatic nitrogens is 1. The maximum absolute atomic E-state index is 10.8. The third-order valence-electron chi connectivity index (χ3n) is 1.52. The third kappa shape index (κ3) is 2.12. The van der Waals surface area contributed by atoms with E-state index >= 15 is 0 Å². The number of hydrogen-bond acceptors (Lipinski definition) is 4. The second-order valence-electron chi connectivity index (χ2n) is 2.32. The molecule has 0 aromatic carbocycles. The first-order chi connectivity index (χ1) is 7.29. The summed E-state index contributed by atoms with van der Waals surface area (Å²) >= 11 is 0. The van der Waals surface area contributed by atoms with Gasteiger partial charge in [0.25, 0.3) is 0 Å². The minimum atomic E-state index is -2.71. The van der Waals surface area contributed by atoms with Crippen molar-refractivity contribution in [1.82, 2.24) is 4.98 Å². The summed E-state index contributed by atoms with van der Waals surface area (Å²) in [6.07, 6.45) is 0.922. The highest BCUT2D eigenvalue weighted by atomic mass is 35.5. The monoisotopic (exact) mass is 222 g/mol. The number of aromatic hydroxyl groups is 1. The van der Waals surface area contributed by atoms with Gasteiger partial charge in [0.15, 0.2) is 5.75 Å². The number of aliphatic hydroxyl groups excluding tert-OH is 1. The largest absolute Gasteiger partial charge is 0.505 e. The number of aromatic carboxylic acids is 1. The van der Waals surface area contributed by atoms with Crippen molar-refractivity contribution < 1.29 is 24.2 Å². The summed E-state index contributed by atoms with van der Waals surface area (Å²) in [5.74, 6) is -2.45. The van der Waals surface area contributed by atoms with Crippen LogP contribution in [-0.2, 0) is 6.61 Å². The van der Waals surface area contributed by atoms with Crippen LogP contribution in [0.5, 0.6) is 5.75 Å². The SMILES string of the molecule is Cl.[2H]C([2H])([2H])c1ncc(CO)c(C(=O)O)c1O. The van der Waals surface area contributed by atoms with Crippen LogP contribution in [0.1, 0.15) is 25.7 Å². The van der Waals surface area contributed by atoms with Crippen molar-refractivity contribution in [3.05, 3.63) is 23.0 Å². The molecule has 1 aromatic rings. The molecule has 0 aliphatic carbocycles. The minimum Gasteiger partial charge on any atom is -0.505 e. The summed E-state index contributed by atoms with van der Waals surface area (Å²) in [4.78, 5) is 14.2. The molecule has 0 unspecified atom stereocenters. The second kappa shape index (κ2) is 4.78. The lowest BCUT2D eigenvalue weighted by molar-refractivity contribution is 0.0689. The molecule has 0 spiro atoms. The Morgan fingerprint density at radius 2 is 2.36 bits per heavy atom. The lowest BCUT2D eigenvalue weighted by Crippen LogP contribution is -2.05. The normalized spacial score (nSPS) is 13.4. The number of aliphatic hydroxyl groups is 1. The first-order valence-electron chi connectivity index (χ1n) is 4.84. The van der Waals surface area contributed by atoms with Gasteiger partial charge in [-0.3, -0.25) is 4.98 Å². The number of hydrogen-bond donors (Lipinski definition) is 3. The number of rotatable bonds is 2. The van der Waals surface area contributed by atoms with Crippen molar-refractivity contribution in [1.29, 1.82) is 0 Å². The Hall–Kier alpha value is -1.33. The van der Waals surface area contributed by atoms with E-state index in [9.17, 15) is 9.90 Å². The molecule has 1 aromatic heterocycles. The summed E-state index contributed by atoms with van der Waals surface area (Å²) in [6, 6.07) is 0. The zero-order chi connectivity index (χ0) is 12.5. The molecule has 5 nitrogen and oxygen atoms in total. The van der Waals surface area contributed by atoms with Gasteiger partial charge < -0.3 is 15.3 Å². The molecular weight excluding hydrogens is 210 g/mol. The summed E-state index contributed by atoms with van der Waals surface area (Å²) < 4.78 is 21.1. The van der Waals surface area contributed by atoms with Gasteiger partial charge in [-0.25, -0.2) is 4.79 Å². The zero-order valence-electron chi connectivity index (χ0n) is 9.89. The van der Waals surface area contributed by atoms with E-state index in [0.29, 0.717) is 0 Å². The molecule has 14 heavy (non-hydrogen) atoms. The highest BCUT2D eigenvalue weighted by Gasteiger charge is 2.17. The topological polar surface area (TPSA) is 90.7 Å². The van der Waals surface area contributed by atoms with Crippen LogP contribution in [0, 0.1) is 6.85 Å². The lowest BCUT2D eigenvalue weighted by Gasteiger charge is -2.06. The van der Waals surface area contributed by atoms with Gasteiger partial charge in [-0.2, -0.15) is 0 Å². The number of carbonyl (C=O) groups is 1. The molecule has 0 amide bonds. The first-order valence-corrected chi connectivity index (χ1v) is 3.34. The fourth-order valence-corrected chi connectivity index (χ4v) is 0.897. The average Bonchev–Trinajstić information content (AvgIpc) is 2.14. The number of carboxylic acid groups (broad SMARTS) is 1. The Balaban J connectivity index is 0.00000256. The molecule has 1 rings (SSSR count). The van der Waals surface area contributed by atoms with Crippen LogP contribution >= 0.6 is 12.4 Å². The van der Waals surface area contributed by atoms with Crippen LogP contribution in [-0.4, -0.2) is 26.3 Å². The molecule has 0 bridgehead atoms. The molecule has 0 atom stereocenters. The van der Waals surface area contributed by atoms with E-state index in [-0.39, 0.29) is 18.0 Å². The fraction of sp³-hybridized carbons (Fsp3) is 0.250. The Kier molecular flexibility index (Phi) is 2.74. The fourth-order valence-electron chi connectivity index (χ4n) is 0.897. The zero-order valence-corrected chi connectivity index (χ0v) is 7.71. The van der Waals surface area contributed by atoms with Crippen LogP contribution in [0.25, 0.3) is 0 Å². The quantitative estimate of drug-likeness (QED) is 0.686. The highest BCUT2D eigenvalue weighted by Crippen LogP contribution is 2.23. The van der Waals surface area contributed by atoms with Gasteiger partial charge >= 0.3 is 5.97 Å². The van der Waals surface area contributed by atoms with Crippen LogP contribution in [0.3, 0.4) is 0 Å². The van der Waals surface area contributed by atoms with Gasteiger partial charge in [-0.05, 0) is 6.85 Å². The first kappa shape index (κ1) is 8.02. The molecule has 0 aliphatic heterocycles. The predicted octanol–water partition coefficient (Wildman–Crippen LogP) is 0.708. The van der Waals surface area contributed by atoms with Crippen LogP contribution in [0.2, 0.25) is 0 Å². The molecule has 6 heteroatoms. The molecule has 0 saturated carbocycles. The van der Waals surface area contributed by atoms with Gasteiger partial charge in [-0.1, -0.05) is 0 Å². The van der Waals surface area contributed by atoms with E-state index in [4.69, 9.17) is 14.3 Å². The maximum Gasteiger partial charge on any atom is 0.339 e. The lowest BCUT2D eigenvalue weighted by atomic mass is 10.1. The molecule has 0 radical (unpaired) electrons. The number of aryl methyl sites for hydroxylation is 1. The number of carboxylic acids is 1. The number of pyridine rings is 1.